The molecule has 2 N–H and O–H groups in total. The van der Waals surface area contributed by atoms with Crippen LogP contribution in [0.5, 0.6) is 0 Å². The minimum Gasteiger partial charge on any atom is -0.368 e. The number of hydrogen-bond acceptors (Lipinski definition) is 2. The summed E-state index contributed by atoms with van der Waals surface area (Å²) in [6.45, 7) is 6.92. The van der Waals surface area contributed by atoms with Gasteiger partial charge >= 0.3 is 0 Å². The average molecular weight is 234 g/mol. The number of amides is 1. The van der Waals surface area contributed by atoms with Crippen molar-refractivity contribution in [3.63, 3.8) is 0 Å². The van der Waals surface area contributed by atoms with E-state index in [0.717, 1.165) is 13.0 Å². The van der Waals surface area contributed by atoms with Crippen molar-refractivity contribution >= 4 is 5.91 Å². The summed E-state index contributed by atoms with van der Waals surface area (Å²) >= 11 is 0. The predicted molar refractivity (Wildman–Crippen MR) is 70.7 cm³/mol. The van der Waals surface area contributed by atoms with Gasteiger partial charge in [0.1, 0.15) is 0 Å². The quantitative estimate of drug-likeness (QED) is 0.847. The fourth-order valence-electron chi connectivity index (χ4n) is 2.13. The number of hydrogen-bond donors (Lipinski definition) is 1. The van der Waals surface area contributed by atoms with Gasteiger partial charge in [0.15, 0.2) is 0 Å². The van der Waals surface area contributed by atoms with Gasteiger partial charge < -0.3 is 5.73 Å². The number of nitrogens with two attached hydrogens (primary N) is 1. The van der Waals surface area contributed by atoms with Crippen LogP contribution in [0.15, 0.2) is 18.2 Å². The van der Waals surface area contributed by atoms with Crippen LogP contribution < -0.4 is 5.73 Å². The first kappa shape index (κ1) is 13.7. The van der Waals surface area contributed by atoms with E-state index in [1.807, 2.05) is 18.9 Å². The van der Waals surface area contributed by atoms with Gasteiger partial charge in [-0.25, -0.2) is 0 Å². The second-order valence-corrected chi connectivity index (χ2v) is 4.67. The van der Waals surface area contributed by atoms with Crippen molar-refractivity contribution < 1.29 is 4.79 Å². The van der Waals surface area contributed by atoms with Crippen LogP contribution in [0, 0.1) is 13.8 Å². The maximum Gasteiger partial charge on any atom is 0.234 e. The van der Waals surface area contributed by atoms with Gasteiger partial charge in [-0.2, -0.15) is 0 Å². The second-order valence-electron chi connectivity index (χ2n) is 4.67. The highest BCUT2D eigenvalue weighted by molar-refractivity contribution is 5.79. The van der Waals surface area contributed by atoms with E-state index in [1.165, 1.54) is 16.7 Å². The number of carbonyl (C=O) groups excluding carboxylic acids is 1. The van der Waals surface area contributed by atoms with Crippen molar-refractivity contribution in [2.24, 2.45) is 5.73 Å². The van der Waals surface area contributed by atoms with Gasteiger partial charge in [-0.3, -0.25) is 9.69 Å². The number of primary amides is 1. The Labute approximate surface area is 104 Å². The highest BCUT2D eigenvalue weighted by Crippen LogP contribution is 2.14. The Hall–Kier alpha value is -1.35. The number of carbonyl (C=O) groups is 1. The van der Waals surface area contributed by atoms with Crippen LogP contribution in [-0.4, -0.2) is 23.9 Å². The molecule has 1 rings (SSSR count). The molecular formula is C14H22N2O. The van der Waals surface area contributed by atoms with Crippen molar-refractivity contribution in [1.82, 2.24) is 4.90 Å². The minimum absolute atomic E-state index is 0.185. The highest BCUT2D eigenvalue weighted by atomic mass is 16.1. The molecule has 94 valence electrons. The molecule has 0 saturated heterocycles. The molecule has 0 aliphatic rings. The van der Waals surface area contributed by atoms with Crippen LogP contribution >= 0.6 is 0 Å². The molecule has 17 heavy (non-hydrogen) atoms. The van der Waals surface area contributed by atoms with Gasteiger partial charge in [-0.05, 0) is 38.4 Å². The monoisotopic (exact) mass is 234 g/mol. The Kier molecular flexibility index (Phi) is 4.70. The number of benzene rings is 1. The van der Waals surface area contributed by atoms with Crippen LogP contribution in [0.4, 0.5) is 0 Å². The Morgan fingerprint density at radius 2 is 2.06 bits per heavy atom. The van der Waals surface area contributed by atoms with E-state index in [9.17, 15) is 4.79 Å². The van der Waals surface area contributed by atoms with Crippen molar-refractivity contribution in [3.8, 4) is 0 Å². The van der Waals surface area contributed by atoms with E-state index in [-0.39, 0.29) is 11.9 Å². The molecule has 0 saturated carbocycles. The van der Waals surface area contributed by atoms with Crippen LogP contribution in [0.25, 0.3) is 0 Å². The zero-order valence-corrected chi connectivity index (χ0v) is 11.2. The Bertz CT molecular complexity index is 401. The molecule has 0 aliphatic carbocycles. The van der Waals surface area contributed by atoms with Gasteiger partial charge in [0, 0.05) is 6.54 Å². The summed E-state index contributed by atoms with van der Waals surface area (Å²) in [5.41, 5.74) is 9.15. The third-order valence-corrected chi connectivity index (χ3v) is 3.17. The second kappa shape index (κ2) is 5.82. The molecule has 0 radical (unpaired) electrons. The van der Waals surface area contributed by atoms with E-state index in [4.69, 9.17) is 5.73 Å². The maximum atomic E-state index is 11.3. The summed E-state index contributed by atoms with van der Waals surface area (Å²) < 4.78 is 0. The molecule has 1 unspecified atom stereocenters. The van der Waals surface area contributed by atoms with E-state index in [1.54, 1.807) is 0 Å². The molecule has 0 spiro atoms. The average Bonchev–Trinajstić information content (AvgIpc) is 2.22. The van der Waals surface area contributed by atoms with E-state index < -0.39 is 0 Å². The first-order valence-corrected chi connectivity index (χ1v) is 6.01. The Balaban J connectivity index is 2.79. The molecule has 1 amide bonds. The van der Waals surface area contributed by atoms with Gasteiger partial charge in [0.25, 0.3) is 0 Å². The van der Waals surface area contributed by atoms with Gasteiger partial charge in [-0.15, -0.1) is 0 Å². The molecule has 0 aromatic heterocycles. The van der Waals surface area contributed by atoms with Crippen molar-refractivity contribution in [3.05, 3.63) is 34.9 Å². The van der Waals surface area contributed by atoms with Gasteiger partial charge in [0.2, 0.25) is 5.91 Å². The normalized spacial score (nSPS) is 12.8. The lowest BCUT2D eigenvalue weighted by Gasteiger charge is -2.25. The predicted octanol–water partition coefficient (Wildman–Crippen LogP) is 2.00. The number of rotatable bonds is 5. The summed E-state index contributed by atoms with van der Waals surface area (Å²) in [4.78, 5) is 13.3. The highest BCUT2D eigenvalue weighted by Gasteiger charge is 2.18. The lowest BCUT2D eigenvalue weighted by atomic mass is 10.0. The van der Waals surface area contributed by atoms with Crippen LogP contribution in [0.1, 0.15) is 30.0 Å². The zero-order chi connectivity index (χ0) is 13.0. The van der Waals surface area contributed by atoms with Crippen molar-refractivity contribution in [1.29, 1.82) is 0 Å². The van der Waals surface area contributed by atoms with Crippen LogP contribution in [-0.2, 0) is 11.3 Å². The number of likely N-dealkylation sites (N-methyl/N-ethyl adjacent to an activating group) is 1. The minimum atomic E-state index is -0.250. The van der Waals surface area contributed by atoms with E-state index in [2.05, 4.69) is 32.0 Å². The molecule has 1 atom stereocenters. The Morgan fingerprint density at radius 3 is 2.53 bits per heavy atom. The summed E-state index contributed by atoms with van der Waals surface area (Å²) in [5.74, 6) is -0.250. The van der Waals surface area contributed by atoms with Crippen molar-refractivity contribution in [2.75, 3.05) is 7.05 Å². The van der Waals surface area contributed by atoms with E-state index >= 15 is 0 Å². The molecule has 0 aliphatic heterocycles. The lowest BCUT2D eigenvalue weighted by molar-refractivity contribution is -0.123. The molecule has 0 heterocycles. The smallest absolute Gasteiger partial charge is 0.234 e. The standard InChI is InChI=1S/C14H22N2O/c1-5-13(14(15)17)16(4)9-12-7-6-10(2)8-11(12)3/h6-8,13H,5,9H2,1-4H3,(H2,15,17). The lowest BCUT2D eigenvalue weighted by Crippen LogP contribution is -2.41. The summed E-state index contributed by atoms with van der Waals surface area (Å²) in [5, 5.41) is 0. The third-order valence-electron chi connectivity index (χ3n) is 3.17. The summed E-state index contributed by atoms with van der Waals surface area (Å²) in [6.07, 6.45) is 0.747. The molecule has 1 aromatic rings. The molecule has 1 aromatic carbocycles. The van der Waals surface area contributed by atoms with Crippen molar-refractivity contribution in [2.45, 2.75) is 39.8 Å². The first-order valence-electron chi connectivity index (χ1n) is 6.01. The number of nitrogens with zero attached hydrogens (tertiary/aromatic N) is 1. The number of aryl methyl sites for hydroxylation is 2. The van der Waals surface area contributed by atoms with Crippen LogP contribution in [0.2, 0.25) is 0 Å². The Morgan fingerprint density at radius 1 is 1.41 bits per heavy atom. The molecule has 0 bridgehead atoms. The topological polar surface area (TPSA) is 46.3 Å². The summed E-state index contributed by atoms with van der Waals surface area (Å²) in [6, 6.07) is 6.20. The maximum absolute atomic E-state index is 11.3. The molecule has 0 fully saturated rings. The largest absolute Gasteiger partial charge is 0.368 e. The third kappa shape index (κ3) is 3.56. The fraction of sp³-hybridized carbons (Fsp3) is 0.500. The SMILES string of the molecule is CCC(C(N)=O)N(C)Cc1ccc(C)cc1C. The van der Waals surface area contributed by atoms with Gasteiger partial charge in [0.05, 0.1) is 6.04 Å². The van der Waals surface area contributed by atoms with Gasteiger partial charge in [-0.1, -0.05) is 30.7 Å². The van der Waals surface area contributed by atoms with Crippen LogP contribution in [0.3, 0.4) is 0 Å². The first-order chi connectivity index (χ1) is 7.95. The molecule has 3 nitrogen and oxygen atoms in total. The molecular weight excluding hydrogens is 212 g/mol. The molecule has 3 heteroatoms. The fourth-order valence-corrected chi connectivity index (χ4v) is 2.13. The van der Waals surface area contributed by atoms with E-state index in [0.29, 0.717) is 0 Å². The summed E-state index contributed by atoms with van der Waals surface area (Å²) in [7, 11) is 1.94. The zero-order valence-electron chi connectivity index (χ0n) is 11.2.